The Labute approximate surface area is 94.8 Å². The van der Waals surface area contributed by atoms with Crippen LogP contribution in [0.3, 0.4) is 0 Å². The van der Waals surface area contributed by atoms with Crippen LogP contribution >= 0.6 is 0 Å². The number of allylic oxidation sites excluding steroid dienone is 1. The summed E-state index contributed by atoms with van der Waals surface area (Å²) >= 11 is 0. The van der Waals surface area contributed by atoms with Gasteiger partial charge in [0.1, 0.15) is 0 Å². The first kappa shape index (κ1) is 14.8. The first-order valence-corrected chi connectivity index (χ1v) is 7.55. The van der Waals surface area contributed by atoms with Crippen molar-refractivity contribution in [1.29, 1.82) is 0 Å². The summed E-state index contributed by atoms with van der Waals surface area (Å²) in [7, 11) is -2.54. The third kappa shape index (κ3) is 4.07. The van der Waals surface area contributed by atoms with Gasteiger partial charge < -0.3 is 13.3 Å². The smallest absolute Gasteiger partial charge is 0.373 e. The van der Waals surface area contributed by atoms with Gasteiger partial charge in [-0.3, -0.25) is 0 Å². The van der Waals surface area contributed by atoms with Gasteiger partial charge in [-0.05, 0) is 27.2 Å². The lowest BCUT2D eigenvalue weighted by Gasteiger charge is -2.33. The van der Waals surface area contributed by atoms with Crippen LogP contribution in [-0.4, -0.2) is 28.6 Å². The zero-order valence-electron chi connectivity index (χ0n) is 10.4. The highest BCUT2D eigenvalue weighted by Crippen LogP contribution is 2.29. The molecule has 0 aliphatic heterocycles. The second kappa shape index (κ2) is 8.04. The summed E-state index contributed by atoms with van der Waals surface area (Å²) in [5.41, 5.74) is 0.192. The molecule has 0 aliphatic rings. The van der Waals surface area contributed by atoms with Crippen molar-refractivity contribution in [1.82, 2.24) is 0 Å². The molecule has 4 heteroatoms. The Bertz CT molecular complexity index is 156. The quantitative estimate of drug-likeness (QED) is 0.452. The topological polar surface area (TPSA) is 27.7 Å². The minimum atomic E-state index is -2.54. The van der Waals surface area contributed by atoms with Crippen LogP contribution < -0.4 is 0 Å². The molecule has 90 valence electrons. The molecule has 0 heterocycles. The Balaban J connectivity index is 4.79. The molecule has 3 nitrogen and oxygen atoms in total. The summed E-state index contributed by atoms with van der Waals surface area (Å²) in [6, 6.07) is 0. The van der Waals surface area contributed by atoms with E-state index in [-0.39, 0.29) is 5.54 Å². The van der Waals surface area contributed by atoms with Crippen molar-refractivity contribution in [3.05, 3.63) is 12.7 Å². The van der Waals surface area contributed by atoms with Crippen molar-refractivity contribution < 1.29 is 13.3 Å². The lowest BCUT2D eigenvalue weighted by atomic mass is 10.3. The Morgan fingerprint density at radius 3 is 1.60 bits per heavy atom. The molecule has 0 aromatic heterocycles. The van der Waals surface area contributed by atoms with Crippen LogP contribution in [0.2, 0.25) is 5.54 Å². The molecule has 1 unspecified atom stereocenters. The molecular formula is C11H24O3Si. The first-order chi connectivity index (χ1) is 7.20. The Morgan fingerprint density at radius 1 is 1.00 bits per heavy atom. The van der Waals surface area contributed by atoms with Gasteiger partial charge in [-0.2, -0.15) is 0 Å². The molecule has 0 aliphatic carbocycles. The minimum absolute atomic E-state index is 0.192. The maximum absolute atomic E-state index is 5.78. The first-order valence-electron chi connectivity index (χ1n) is 5.75. The van der Waals surface area contributed by atoms with Crippen molar-refractivity contribution in [2.45, 2.75) is 39.7 Å². The standard InChI is InChI=1S/C11H24O3Si/c1-6-11(7-2)15(12-8-3,13-9-4)14-10-5/h6,11H,1,7-10H2,2-5H3. The average molecular weight is 232 g/mol. The number of hydrogen-bond acceptors (Lipinski definition) is 3. The molecule has 0 fully saturated rings. The second-order valence-corrected chi connectivity index (χ2v) is 5.97. The van der Waals surface area contributed by atoms with Crippen LogP contribution in [0, 0.1) is 0 Å². The van der Waals surface area contributed by atoms with Gasteiger partial charge in [-0.25, -0.2) is 0 Å². The molecule has 0 N–H and O–H groups in total. The van der Waals surface area contributed by atoms with Crippen LogP contribution in [0.25, 0.3) is 0 Å². The van der Waals surface area contributed by atoms with E-state index in [1.54, 1.807) is 0 Å². The maximum Gasteiger partial charge on any atom is 0.508 e. The molecule has 0 rings (SSSR count). The highest BCUT2D eigenvalue weighted by atomic mass is 28.4. The van der Waals surface area contributed by atoms with Gasteiger partial charge in [-0.15, -0.1) is 6.58 Å². The zero-order valence-corrected chi connectivity index (χ0v) is 11.4. The predicted molar refractivity (Wildman–Crippen MR) is 64.9 cm³/mol. The zero-order chi connectivity index (χ0) is 11.7. The molecule has 0 radical (unpaired) electrons. The summed E-state index contributed by atoms with van der Waals surface area (Å²) in [5.74, 6) is 0. The van der Waals surface area contributed by atoms with Crippen molar-refractivity contribution in [2.24, 2.45) is 0 Å². The van der Waals surface area contributed by atoms with Crippen LogP contribution in [0.1, 0.15) is 34.1 Å². The summed E-state index contributed by atoms with van der Waals surface area (Å²) in [6.45, 7) is 13.7. The van der Waals surface area contributed by atoms with E-state index in [4.69, 9.17) is 13.3 Å². The third-order valence-electron chi connectivity index (χ3n) is 2.22. The van der Waals surface area contributed by atoms with Gasteiger partial charge in [-0.1, -0.05) is 13.0 Å². The van der Waals surface area contributed by atoms with E-state index in [1.165, 1.54) is 0 Å². The number of rotatable bonds is 9. The third-order valence-corrected chi connectivity index (χ3v) is 5.84. The molecule has 0 spiro atoms. The molecule has 0 aromatic carbocycles. The maximum atomic E-state index is 5.78. The van der Waals surface area contributed by atoms with Crippen LogP contribution in [0.4, 0.5) is 0 Å². The molecule has 0 bridgehead atoms. The van der Waals surface area contributed by atoms with Gasteiger partial charge in [0.2, 0.25) is 0 Å². The van der Waals surface area contributed by atoms with Crippen LogP contribution in [0.5, 0.6) is 0 Å². The second-order valence-electron chi connectivity index (χ2n) is 3.15. The molecule has 0 amide bonds. The van der Waals surface area contributed by atoms with Crippen LogP contribution in [0.15, 0.2) is 12.7 Å². The van der Waals surface area contributed by atoms with E-state index in [9.17, 15) is 0 Å². The molecule has 0 saturated carbocycles. The fraction of sp³-hybridized carbons (Fsp3) is 0.818. The fourth-order valence-corrected chi connectivity index (χ4v) is 4.50. The largest absolute Gasteiger partial charge is 0.508 e. The molecule has 0 saturated heterocycles. The van der Waals surface area contributed by atoms with Crippen molar-refractivity contribution >= 4 is 8.80 Å². The molecule has 1 atom stereocenters. The van der Waals surface area contributed by atoms with Crippen molar-refractivity contribution in [3.8, 4) is 0 Å². The van der Waals surface area contributed by atoms with E-state index in [2.05, 4.69) is 13.5 Å². The van der Waals surface area contributed by atoms with Crippen LogP contribution in [-0.2, 0) is 13.3 Å². The molecule has 15 heavy (non-hydrogen) atoms. The van der Waals surface area contributed by atoms with Gasteiger partial charge >= 0.3 is 8.80 Å². The lowest BCUT2D eigenvalue weighted by Crippen LogP contribution is -2.49. The molecule has 0 aromatic rings. The summed E-state index contributed by atoms with van der Waals surface area (Å²) in [4.78, 5) is 0. The monoisotopic (exact) mass is 232 g/mol. The lowest BCUT2D eigenvalue weighted by molar-refractivity contribution is 0.0648. The van der Waals surface area contributed by atoms with Crippen molar-refractivity contribution in [2.75, 3.05) is 19.8 Å². The van der Waals surface area contributed by atoms with E-state index in [0.717, 1.165) is 6.42 Å². The highest BCUT2D eigenvalue weighted by Gasteiger charge is 2.46. The van der Waals surface area contributed by atoms with E-state index >= 15 is 0 Å². The van der Waals surface area contributed by atoms with Crippen molar-refractivity contribution in [3.63, 3.8) is 0 Å². The summed E-state index contributed by atoms with van der Waals surface area (Å²) in [6.07, 6.45) is 2.84. The van der Waals surface area contributed by atoms with E-state index in [0.29, 0.717) is 19.8 Å². The Kier molecular flexibility index (Phi) is 7.96. The van der Waals surface area contributed by atoms with E-state index < -0.39 is 8.80 Å². The fourth-order valence-electron chi connectivity index (χ4n) is 1.61. The normalized spacial score (nSPS) is 13.9. The average Bonchev–Trinajstić information content (AvgIpc) is 2.20. The summed E-state index contributed by atoms with van der Waals surface area (Å²) in [5, 5.41) is 0. The van der Waals surface area contributed by atoms with Gasteiger partial charge in [0.05, 0.1) is 0 Å². The van der Waals surface area contributed by atoms with E-state index in [1.807, 2.05) is 26.8 Å². The predicted octanol–water partition coefficient (Wildman–Crippen LogP) is 3.00. The highest BCUT2D eigenvalue weighted by molar-refractivity contribution is 6.63. The Hall–Kier alpha value is -0.163. The summed E-state index contributed by atoms with van der Waals surface area (Å²) < 4.78 is 17.3. The number of hydrogen-bond donors (Lipinski definition) is 0. The van der Waals surface area contributed by atoms with Gasteiger partial charge in [0.25, 0.3) is 0 Å². The minimum Gasteiger partial charge on any atom is -0.373 e. The van der Waals surface area contributed by atoms with Gasteiger partial charge in [0, 0.05) is 25.4 Å². The Morgan fingerprint density at radius 2 is 1.40 bits per heavy atom. The SMILES string of the molecule is C=CC(CC)[Si](OCC)(OCC)OCC. The molecular weight excluding hydrogens is 208 g/mol. The van der Waals surface area contributed by atoms with Gasteiger partial charge in [0.15, 0.2) is 0 Å².